The van der Waals surface area contributed by atoms with Crippen LogP contribution in [0.25, 0.3) is 0 Å². The molecule has 1 aliphatic heterocycles. The fourth-order valence-electron chi connectivity index (χ4n) is 2.88. The summed E-state index contributed by atoms with van der Waals surface area (Å²) in [5.74, 6) is 0.359. The normalized spacial score (nSPS) is 15.3. The van der Waals surface area contributed by atoms with Gasteiger partial charge in [-0.2, -0.15) is 5.26 Å². The van der Waals surface area contributed by atoms with Crippen LogP contribution in [0.15, 0.2) is 47.1 Å². The molecule has 0 unspecified atom stereocenters. The maximum absolute atomic E-state index is 12.2. The molecule has 0 saturated carbocycles. The summed E-state index contributed by atoms with van der Waals surface area (Å²) < 4.78 is 5.18. The SMILES string of the molecule is N#CCc1ccccc1CN1CCN(C(=O)c2ccco2)CC1. The van der Waals surface area contributed by atoms with E-state index < -0.39 is 0 Å². The van der Waals surface area contributed by atoms with Crippen LogP contribution < -0.4 is 0 Å². The molecule has 5 nitrogen and oxygen atoms in total. The summed E-state index contributed by atoms with van der Waals surface area (Å²) in [6.07, 6.45) is 1.96. The molecule has 2 aromatic rings. The lowest BCUT2D eigenvalue weighted by Gasteiger charge is -2.34. The number of benzene rings is 1. The number of hydrogen-bond donors (Lipinski definition) is 0. The van der Waals surface area contributed by atoms with E-state index in [0.29, 0.717) is 25.3 Å². The highest BCUT2D eigenvalue weighted by Gasteiger charge is 2.23. The van der Waals surface area contributed by atoms with Crippen LogP contribution in [0.5, 0.6) is 0 Å². The topological polar surface area (TPSA) is 60.5 Å². The molecule has 5 heteroatoms. The van der Waals surface area contributed by atoms with E-state index in [4.69, 9.17) is 9.68 Å². The zero-order valence-electron chi connectivity index (χ0n) is 12.9. The molecule has 1 aliphatic rings. The summed E-state index contributed by atoms with van der Waals surface area (Å²) in [5, 5.41) is 8.92. The number of nitrogens with zero attached hydrogens (tertiary/aromatic N) is 3. The number of carbonyl (C=O) groups is 1. The van der Waals surface area contributed by atoms with Gasteiger partial charge in [-0.15, -0.1) is 0 Å². The third-order valence-electron chi connectivity index (χ3n) is 4.17. The van der Waals surface area contributed by atoms with E-state index in [1.54, 1.807) is 12.1 Å². The van der Waals surface area contributed by atoms with Gasteiger partial charge < -0.3 is 9.32 Å². The molecule has 0 radical (unpaired) electrons. The van der Waals surface area contributed by atoms with E-state index >= 15 is 0 Å². The minimum Gasteiger partial charge on any atom is -0.459 e. The van der Waals surface area contributed by atoms with Crippen molar-refractivity contribution in [3.05, 3.63) is 59.5 Å². The fraction of sp³-hybridized carbons (Fsp3) is 0.333. The first kappa shape index (κ1) is 15.3. The van der Waals surface area contributed by atoms with Gasteiger partial charge in [0.2, 0.25) is 0 Å². The monoisotopic (exact) mass is 309 g/mol. The molecule has 0 spiro atoms. The molecule has 1 fully saturated rings. The molecule has 118 valence electrons. The van der Waals surface area contributed by atoms with Crippen molar-refractivity contribution in [2.75, 3.05) is 26.2 Å². The van der Waals surface area contributed by atoms with E-state index in [-0.39, 0.29) is 5.91 Å². The molecule has 0 atom stereocenters. The van der Waals surface area contributed by atoms with Crippen molar-refractivity contribution in [3.63, 3.8) is 0 Å². The Morgan fingerprint density at radius 1 is 1.09 bits per heavy atom. The second-order valence-electron chi connectivity index (χ2n) is 5.65. The maximum Gasteiger partial charge on any atom is 0.289 e. The van der Waals surface area contributed by atoms with Crippen LogP contribution >= 0.6 is 0 Å². The largest absolute Gasteiger partial charge is 0.459 e. The Balaban J connectivity index is 1.58. The van der Waals surface area contributed by atoms with E-state index in [2.05, 4.69) is 17.0 Å². The van der Waals surface area contributed by atoms with E-state index in [0.717, 1.165) is 25.2 Å². The molecule has 23 heavy (non-hydrogen) atoms. The number of carbonyl (C=O) groups excluding carboxylic acids is 1. The summed E-state index contributed by atoms with van der Waals surface area (Å²) >= 11 is 0. The summed E-state index contributed by atoms with van der Waals surface area (Å²) in [6, 6.07) is 13.7. The molecular formula is C18H19N3O2. The zero-order valence-corrected chi connectivity index (χ0v) is 12.9. The van der Waals surface area contributed by atoms with Crippen LogP contribution in [-0.2, 0) is 13.0 Å². The first-order chi connectivity index (χ1) is 11.3. The number of rotatable bonds is 4. The lowest BCUT2D eigenvalue weighted by Crippen LogP contribution is -2.48. The smallest absolute Gasteiger partial charge is 0.289 e. The molecule has 1 amide bonds. The van der Waals surface area contributed by atoms with Gasteiger partial charge in [0, 0.05) is 32.7 Å². The lowest BCUT2D eigenvalue weighted by atomic mass is 10.0. The predicted octanol–water partition coefficient (Wildman–Crippen LogP) is 2.30. The van der Waals surface area contributed by atoms with Crippen LogP contribution in [-0.4, -0.2) is 41.9 Å². The fourth-order valence-corrected chi connectivity index (χ4v) is 2.88. The Kier molecular flexibility index (Phi) is 4.74. The van der Waals surface area contributed by atoms with E-state index in [1.165, 1.54) is 11.8 Å². The molecule has 2 heterocycles. The lowest BCUT2D eigenvalue weighted by molar-refractivity contribution is 0.0597. The van der Waals surface area contributed by atoms with E-state index in [9.17, 15) is 4.79 Å². The molecule has 3 rings (SSSR count). The van der Waals surface area contributed by atoms with Crippen molar-refractivity contribution in [1.82, 2.24) is 9.80 Å². The Labute approximate surface area is 135 Å². The van der Waals surface area contributed by atoms with Crippen molar-refractivity contribution < 1.29 is 9.21 Å². The first-order valence-corrected chi connectivity index (χ1v) is 7.77. The average Bonchev–Trinajstić information content (AvgIpc) is 3.11. The van der Waals surface area contributed by atoms with Gasteiger partial charge in [0.05, 0.1) is 18.8 Å². The number of piperazine rings is 1. The maximum atomic E-state index is 12.2. The molecule has 0 aliphatic carbocycles. The third kappa shape index (κ3) is 3.61. The average molecular weight is 309 g/mol. The molecule has 1 saturated heterocycles. The number of furan rings is 1. The summed E-state index contributed by atoms with van der Waals surface area (Å²) in [5.41, 5.74) is 2.28. The summed E-state index contributed by atoms with van der Waals surface area (Å²) in [6.45, 7) is 3.86. The number of amides is 1. The van der Waals surface area contributed by atoms with Crippen molar-refractivity contribution in [3.8, 4) is 6.07 Å². The Morgan fingerprint density at radius 2 is 1.83 bits per heavy atom. The van der Waals surface area contributed by atoms with Crippen LogP contribution in [0, 0.1) is 11.3 Å². The Hall–Kier alpha value is -2.58. The Bertz CT molecular complexity index is 695. The van der Waals surface area contributed by atoms with Crippen LogP contribution in [0.4, 0.5) is 0 Å². The third-order valence-corrected chi connectivity index (χ3v) is 4.17. The Morgan fingerprint density at radius 3 is 2.48 bits per heavy atom. The number of hydrogen-bond acceptors (Lipinski definition) is 4. The predicted molar refractivity (Wildman–Crippen MR) is 85.6 cm³/mol. The summed E-state index contributed by atoms with van der Waals surface area (Å²) in [7, 11) is 0. The van der Waals surface area contributed by atoms with Crippen LogP contribution in [0.1, 0.15) is 21.7 Å². The quantitative estimate of drug-likeness (QED) is 0.869. The van der Waals surface area contributed by atoms with Gasteiger partial charge in [0.1, 0.15) is 0 Å². The second-order valence-corrected chi connectivity index (χ2v) is 5.65. The standard InChI is InChI=1S/C18H19N3O2/c19-8-7-15-4-1-2-5-16(15)14-20-9-11-21(12-10-20)18(22)17-6-3-13-23-17/h1-6,13H,7,9-12,14H2. The minimum absolute atomic E-state index is 0.0421. The molecule has 0 N–H and O–H groups in total. The van der Waals surface area contributed by atoms with Crippen molar-refractivity contribution >= 4 is 5.91 Å². The highest BCUT2D eigenvalue weighted by molar-refractivity contribution is 5.91. The highest BCUT2D eigenvalue weighted by atomic mass is 16.3. The molecule has 1 aromatic carbocycles. The molecule has 1 aromatic heterocycles. The van der Waals surface area contributed by atoms with Crippen molar-refractivity contribution in [2.45, 2.75) is 13.0 Å². The first-order valence-electron chi connectivity index (χ1n) is 7.77. The van der Waals surface area contributed by atoms with Gasteiger partial charge in [0.25, 0.3) is 5.91 Å². The van der Waals surface area contributed by atoms with Gasteiger partial charge in [-0.3, -0.25) is 9.69 Å². The van der Waals surface area contributed by atoms with Crippen molar-refractivity contribution in [2.24, 2.45) is 0 Å². The van der Waals surface area contributed by atoms with Crippen LogP contribution in [0.3, 0.4) is 0 Å². The molecular weight excluding hydrogens is 290 g/mol. The van der Waals surface area contributed by atoms with Gasteiger partial charge >= 0.3 is 0 Å². The van der Waals surface area contributed by atoms with Gasteiger partial charge in [-0.1, -0.05) is 24.3 Å². The second kappa shape index (κ2) is 7.12. The van der Waals surface area contributed by atoms with E-state index in [1.807, 2.05) is 23.1 Å². The number of nitriles is 1. The highest BCUT2D eigenvalue weighted by Crippen LogP contribution is 2.15. The van der Waals surface area contributed by atoms with Crippen molar-refractivity contribution in [1.29, 1.82) is 5.26 Å². The van der Waals surface area contributed by atoms with Gasteiger partial charge in [0.15, 0.2) is 5.76 Å². The summed E-state index contributed by atoms with van der Waals surface area (Å²) in [4.78, 5) is 16.4. The minimum atomic E-state index is -0.0421. The van der Waals surface area contributed by atoms with Crippen LogP contribution in [0.2, 0.25) is 0 Å². The van der Waals surface area contributed by atoms with Gasteiger partial charge in [-0.05, 0) is 23.3 Å². The zero-order chi connectivity index (χ0) is 16.1. The molecule has 0 bridgehead atoms. The van der Waals surface area contributed by atoms with Gasteiger partial charge in [-0.25, -0.2) is 0 Å².